The summed E-state index contributed by atoms with van der Waals surface area (Å²) in [4.78, 5) is 29.0. The van der Waals surface area contributed by atoms with Crippen molar-refractivity contribution in [1.29, 1.82) is 0 Å². The number of carbonyl (C=O) groups excluding carboxylic acids is 2. The number of aliphatic hydroxyl groups is 1. The molecule has 5 rings (SSSR count). The molecular weight excluding hydrogens is 454 g/mol. The molecule has 2 amide bonds. The van der Waals surface area contributed by atoms with Gasteiger partial charge in [0, 0.05) is 13.1 Å². The van der Waals surface area contributed by atoms with E-state index in [9.17, 15) is 14.7 Å². The predicted molar refractivity (Wildman–Crippen MR) is 136 cm³/mol. The molecule has 7 nitrogen and oxygen atoms in total. The van der Waals surface area contributed by atoms with Crippen molar-refractivity contribution in [3.63, 3.8) is 0 Å². The molecule has 0 radical (unpaired) electrons. The van der Waals surface area contributed by atoms with Gasteiger partial charge in [-0.15, -0.1) is 0 Å². The van der Waals surface area contributed by atoms with Gasteiger partial charge in [-0.3, -0.25) is 9.59 Å². The van der Waals surface area contributed by atoms with E-state index in [1.807, 2.05) is 72.2 Å². The molecule has 0 spiro atoms. The molecular formula is C29H33N3O4. The average molecular weight is 488 g/mol. The number of nitrogens with zero attached hydrogens (tertiary/aromatic N) is 2. The molecule has 1 saturated heterocycles. The summed E-state index contributed by atoms with van der Waals surface area (Å²) < 4.78 is 7.60. The van der Waals surface area contributed by atoms with E-state index in [4.69, 9.17) is 4.74 Å². The molecule has 36 heavy (non-hydrogen) atoms. The second kappa shape index (κ2) is 10.7. The first-order chi connectivity index (χ1) is 17.6. The lowest BCUT2D eigenvalue weighted by Crippen LogP contribution is -2.40. The van der Waals surface area contributed by atoms with Crippen molar-refractivity contribution in [1.82, 2.24) is 14.8 Å². The number of rotatable bonds is 7. The molecule has 188 valence electrons. The molecule has 3 heterocycles. The Balaban J connectivity index is 1.42. The summed E-state index contributed by atoms with van der Waals surface area (Å²) in [5, 5.41) is 14.2. The first-order valence-electron chi connectivity index (χ1n) is 12.8. The number of ether oxygens (including phenoxy) is 1. The number of carbonyl (C=O) groups is 2. The summed E-state index contributed by atoms with van der Waals surface area (Å²) in [5.41, 5.74) is 3.54. The van der Waals surface area contributed by atoms with Crippen LogP contribution in [0.4, 0.5) is 0 Å². The number of amides is 2. The minimum atomic E-state index is -0.754. The molecule has 2 aliphatic heterocycles. The van der Waals surface area contributed by atoms with Gasteiger partial charge in [-0.2, -0.15) is 0 Å². The lowest BCUT2D eigenvalue weighted by molar-refractivity contribution is 0.0462. The Hall–Kier alpha value is -3.42. The van der Waals surface area contributed by atoms with E-state index in [0.29, 0.717) is 31.0 Å². The van der Waals surface area contributed by atoms with Crippen molar-refractivity contribution in [2.24, 2.45) is 0 Å². The number of benzene rings is 2. The van der Waals surface area contributed by atoms with Crippen LogP contribution in [0.25, 0.3) is 0 Å². The zero-order chi connectivity index (χ0) is 25.1. The van der Waals surface area contributed by atoms with Crippen LogP contribution >= 0.6 is 0 Å². The van der Waals surface area contributed by atoms with E-state index in [0.717, 1.165) is 36.1 Å². The molecule has 2 unspecified atom stereocenters. The Labute approximate surface area is 211 Å². The fourth-order valence-corrected chi connectivity index (χ4v) is 5.43. The van der Waals surface area contributed by atoms with Crippen LogP contribution < -0.4 is 5.32 Å². The van der Waals surface area contributed by atoms with Gasteiger partial charge in [0.05, 0.1) is 42.7 Å². The van der Waals surface area contributed by atoms with Crippen LogP contribution in [0.1, 0.15) is 76.0 Å². The van der Waals surface area contributed by atoms with Gasteiger partial charge in [0.1, 0.15) is 5.69 Å². The molecule has 3 aromatic rings. The standard InChI is InChI=1S/C29H33N3O4/c1-2-23(20-10-5-3-6-11-20)30-28(34)22-18-25(31-16-17-36-19-26(22)31)29(35)32-15-9-14-24(32)27(33)21-12-7-4-8-13-21/h3-8,10-13,18,23-24,27,33H,2,9,14-17,19H2,1H3,(H,30,34)/t23-,24?,27?/m1/s1. The zero-order valence-corrected chi connectivity index (χ0v) is 20.6. The van der Waals surface area contributed by atoms with Crippen molar-refractivity contribution in [3.8, 4) is 0 Å². The van der Waals surface area contributed by atoms with Crippen LogP contribution in [0, 0.1) is 0 Å². The average Bonchev–Trinajstić information content (AvgIpc) is 3.57. The number of hydrogen-bond acceptors (Lipinski definition) is 4. The van der Waals surface area contributed by atoms with E-state index < -0.39 is 6.10 Å². The van der Waals surface area contributed by atoms with Crippen molar-refractivity contribution in [2.75, 3.05) is 13.2 Å². The summed E-state index contributed by atoms with van der Waals surface area (Å²) in [6.45, 7) is 3.91. The van der Waals surface area contributed by atoms with Crippen LogP contribution in [0.2, 0.25) is 0 Å². The van der Waals surface area contributed by atoms with Gasteiger partial charge in [-0.1, -0.05) is 67.6 Å². The van der Waals surface area contributed by atoms with Gasteiger partial charge in [0.2, 0.25) is 0 Å². The van der Waals surface area contributed by atoms with Gasteiger partial charge in [-0.05, 0) is 36.5 Å². The second-order valence-electron chi connectivity index (χ2n) is 9.50. The summed E-state index contributed by atoms with van der Waals surface area (Å²) in [5.74, 6) is -0.355. The quantitative estimate of drug-likeness (QED) is 0.522. The molecule has 0 bridgehead atoms. The van der Waals surface area contributed by atoms with E-state index in [2.05, 4.69) is 5.32 Å². The van der Waals surface area contributed by atoms with Gasteiger partial charge >= 0.3 is 0 Å². The van der Waals surface area contributed by atoms with Crippen LogP contribution in [0.3, 0.4) is 0 Å². The van der Waals surface area contributed by atoms with E-state index in [-0.39, 0.29) is 30.5 Å². The highest BCUT2D eigenvalue weighted by Crippen LogP contribution is 2.32. The second-order valence-corrected chi connectivity index (χ2v) is 9.50. The molecule has 0 aliphatic carbocycles. The van der Waals surface area contributed by atoms with E-state index in [1.165, 1.54) is 0 Å². The summed E-state index contributed by atoms with van der Waals surface area (Å²) >= 11 is 0. The maximum absolute atomic E-state index is 13.8. The zero-order valence-electron chi connectivity index (χ0n) is 20.6. The molecule has 3 atom stereocenters. The number of fused-ring (bicyclic) bond motifs is 1. The van der Waals surface area contributed by atoms with Crippen LogP contribution in [-0.4, -0.2) is 45.6 Å². The van der Waals surface area contributed by atoms with E-state index in [1.54, 1.807) is 11.0 Å². The van der Waals surface area contributed by atoms with Crippen LogP contribution in [0.5, 0.6) is 0 Å². The maximum Gasteiger partial charge on any atom is 0.270 e. The van der Waals surface area contributed by atoms with Gasteiger partial charge in [-0.25, -0.2) is 0 Å². The first-order valence-corrected chi connectivity index (χ1v) is 12.8. The highest BCUT2D eigenvalue weighted by molar-refractivity contribution is 6.01. The molecule has 1 aromatic heterocycles. The predicted octanol–water partition coefficient (Wildman–Crippen LogP) is 4.24. The topological polar surface area (TPSA) is 83.8 Å². The van der Waals surface area contributed by atoms with Crippen molar-refractivity contribution in [3.05, 3.63) is 94.8 Å². The SMILES string of the molecule is CC[C@@H](NC(=O)c1cc(C(=O)N2CCCC2C(O)c2ccccc2)n2c1COCC2)c1ccccc1. The maximum atomic E-state index is 13.8. The minimum absolute atomic E-state index is 0.123. The fourth-order valence-electron chi connectivity index (χ4n) is 5.43. The van der Waals surface area contributed by atoms with Crippen LogP contribution in [-0.2, 0) is 17.9 Å². The summed E-state index contributed by atoms with van der Waals surface area (Å²) in [6.07, 6.45) is 1.57. The smallest absolute Gasteiger partial charge is 0.270 e. The van der Waals surface area contributed by atoms with Crippen LogP contribution in [0.15, 0.2) is 66.7 Å². The lowest BCUT2D eigenvalue weighted by atomic mass is 10.00. The largest absolute Gasteiger partial charge is 0.386 e. The summed E-state index contributed by atoms with van der Waals surface area (Å²) in [6, 6.07) is 20.7. The van der Waals surface area contributed by atoms with Crippen molar-refractivity contribution < 1.29 is 19.4 Å². The van der Waals surface area contributed by atoms with E-state index >= 15 is 0 Å². The highest BCUT2D eigenvalue weighted by atomic mass is 16.5. The number of aliphatic hydroxyl groups excluding tert-OH is 1. The Morgan fingerprint density at radius 1 is 1.06 bits per heavy atom. The van der Waals surface area contributed by atoms with Crippen molar-refractivity contribution >= 4 is 11.8 Å². The molecule has 2 aliphatic rings. The van der Waals surface area contributed by atoms with Gasteiger partial charge in [0.15, 0.2) is 0 Å². The highest BCUT2D eigenvalue weighted by Gasteiger charge is 2.37. The number of aromatic nitrogens is 1. The summed E-state index contributed by atoms with van der Waals surface area (Å²) in [7, 11) is 0. The number of hydrogen-bond donors (Lipinski definition) is 2. The third-order valence-electron chi connectivity index (χ3n) is 7.35. The Morgan fingerprint density at radius 2 is 1.75 bits per heavy atom. The normalized spacial score (nSPS) is 18.9. The van der Waals surface area contributed by atoms with Gasteiger partial charge < -0.3 is 24.6 Å². The number of nitrogens with one attached hydrogen (secondary N) is 1. The molecule has 2 aromatic carbocycles. The Bertz CT molecular complexity index is 1210. The van der Waals surface area contributed by atoms with Crippen molar-refractivity contribution in [2.45, 2.75) is 57.5 Å². The monoisotopic (exact) mass is 487 g/mol. The third-order valence-corrected chi connectivity index (χ3v) is 7.35. The first kappa shape index (κ1) is 24.3. The molecule has 0 saturated carbocycles. The molecule has 1 fully saturated rings. The minimum Gasteiger partial charge on any atom is -0.386 e. The molecule has 7 heteroatoms. The number of likely N-dealkylation sites (tertiary alicyclic amines) is 1. The molecule has 2 N–H and O–H groups in total. The third kappa shape index (κ3) is 4.68. The van der Waals surface area contributed by atoms with Gasteiger partial charge in [0.25, 0.3) is 11.8 Å². The Morgan fingerprint density at radius 3 is 2.44 bits per heavy atom. The fraction of sp³-hybridized carbons (Fsp3) is 0.379. The lowest BCUT2D eigenvalue weighted by Gasteiger charge is -2.30. The Kier molecular flexibility index (Phi) is 7.20.